The molecule has 0 atom stereocenters. The number of benzene rings is 9. The number of hydrogen-bond donors (Lipinski definition) is 0. The van der Waals surface area contributed by atoms with Crippen LogP contribution in [0.15, 0.2) is 198 Å². The normalized spacial score (nSPS) is 13.6. The van der Waals surface area contributed by atoms with Crippen LogP contribution in [0.3, 0.4) is 0 Å². The molecule has 10 aromatic rings. The molecule has 0 saturated carbocycles. The Hall–Kier alpha value is -6.13. The van der Waals surface area contributed by atoms with Gasteiger partial charge in [0.05, 0.1) is 11.1 Å². The first-order valence-electron chi connectivity index (χ1n) is 18.5. The number of fused-ring (bicyclic) bond motifs is 12. The summed E-state index contributed by atoms with van der Waals surface area (Å²) in [6.07, 6.45) is 0. The Morgan fingerprint density at radius 2 is 1.00 bits per heavy atom. The van der Waals surface area contributed by atoms with Gasteiger partial charge in [0.2, 0.25) is 0 Å². The lowest BCUT2D eigenvalue weighted by molar-refractivity contribution is 0.707. The minimum Gasteiger partial charge on any atom is -0.310 e. The van der Waals surface area contributed by atoms with Gasteiger partial charge in [-0.3, -0.25) is 0 Å². The van der Waals surface area contributed by atoms with Crippen LogP contribution in [0.1, 0.15) is 22.3 Å². The van der Waals surface area contributed by atoms with E-state index in [1.54, 1.807) is 0 Å². The quantitative estimate of drug-likeness (QED) is 0.179. The van der Waals surface area contributed by atoms with E-state index >= 15 is 0 Å². The Morgan fingerprint density at radius 3 is 1.85 bits per heavy atom. The molecule has 1 aliphatic carbocycles. The van der Waals surface area contributed by atoms with E-state index in [1.807, 2.05) is 23.1 Å². The van der Waals surface area contributed by atoms with Gasteiger partial charge in [-0.1, -0.05) is 151 Å². The van der Waals surface area contributed by atoms with E-state index in [2.05, 4.69) is 193 Å². The maximum Gasteiger partial charge on any atom is 0.0736 e. The van der Waals surface area contributed by atoms with Crippen molar-refractivity contribution in [3.05, 3.63) is 210 Å². The fourth-order valence-electron chi connectivity index (χ4n) is 9.50. The van der Waals surface area contributed by atoms with Crippen molar-refractivity contribution >= 4 is 81.9 Å². The van der Waals surface area contributed by atoms with Gasteiger partial charge in [0.25, 0.3) is 0 Å². The van der Waals surface area contributed by atoms with E-state index in [-0.39, 0.29) is 0 Å². The lowest BCUT2D eigenvalue weighted by atomic mass is 9.59. The second-order valence-electron chi connectivity index (χ2n) is 14.4. The van der Waals surface area contributed by atoms with Gasteiger partial charge >= 0.3 is 0 Å². The summed E-state index contributed by atoms with van der Waals surface area (Å²) in [7, 11) is 0. The van der Waals surface area contributed by atoms with Crippen molar-refractivity contribution in [2.75, 3.05) is 4.90 Å². The summed E-state index contributed by atoms with van der Waals surface area (Å²) in [6.45, 7) is 0. The molecule has 54 heavy (non-hydrogen) atoms. The highest BCUT2D eigenvalue weighted by molar-refractivity contribution is 7.99. The van der Waals surface area contributed by atoms with Crippen LogP contribution >= 0.6 is 23.1 Å². The van der Waals surface area contributed by atoms with Gasteiger partial charge in [0, 0.05) is 46.7 Å². The monoisotopic (exact) mass is 721 g/mol. The van der Waals surface area contributed by atoms with Gasteiger partial charge in [-0.05, 0) is 98.1 Å². The molecule has 0 saturated heterocycles. The Bertz CT molecular complexity index is 3120. The Balaban J connectivity index is 1.20. The second kappa shape index (κ2) is 11.4. The summed E-state index contributed by atoms with van der Waals surface area (Å²) in [4.78, 5) is 5.12. The van der Waals surface area contributed by atoms with Crippen molar-refractivity contribution in [2.45, 2.75) is 15.2 Å². The van der Waals surface area contributed by atoms with Crippen molar-refractivity contribution in [3.8, 4) is 11.1 Å². The fraction of sp³-hybridized carbons (Fsp3) is 0.0196. The van der Waals surface area contributed by atoms with Crippen molar-refractivity contribution in [1.82, 2.24) is 0 Å². The maximum atomic E-state index is 2.52. The molecular formula is C51H31NS2. The van der Waals surface area contributed by atoms with Crippen LogP contribution in [0.5, 0.6) is 0 Å². The number of thiophene rings is 1. The molecule has 2 heterocycles. The Morgan fingerprint density at radius 1 is 0.389 bits per heavy atom. The molecular weight excluding hydrogens is 691 g/mol. The zero-order valence-corrected chi connectivity index (χ0v) is 30.8. The molecule has 252 valence electrons. The van der Waals surface area contributed by atoms with Gasteiger partial charge in [-0.15, -0.1) is 11.3 Å². The second-order valence-corrected chi connectivity index (χ2v) is 16.6. The van der Waals surface area contributed by atoms with Crippen LogP contribution < -0.4 is 4.90 Å². The minimum absolute atomic E-state index is 0.516. The molecule has 2 aliphatic rings. The van der Waals surface area contributed by atoms with Crippen molar-refractivity contribution in [2.24, 2.45) is 0 Å². The molecule has 3 heteroatoms. The van der Waals surface area contributed by atoms with E-state index in [0.29, 0.717) is 0 Å². The molecule has 1 spiro atoms. The van der Waals surface area contributed by atoms with Gasteiger partial charge in [0.1, 0.15) is 0 Å². The SMILES string of the molecule is c1ccc2c(c1)Sc1ccccc1C21c2cc(N(c3ccc4c(c3)sc3ccccc34)c3cccc4ccccc34)ccc2-c2cccc3cccc1c23. The average Bonchev–Trinajstić information content (AvgIpc) is 3.60. The third-order valence-corrected chi connectivity index (χ3v) is 14.0. The summed E-state index contributed by atoms with van der Waals surface area (Å²) in [5.41, 5.74) is 10.9. The van der Waals surface area contributed by atoms with E-state index in [9.17, 15) is 0 Å². The number of anilines is 3. The summed E-state index contributed by atoms with van der Waals surface area (Å²) in [6, 6.07) is 70.5. The standard InChI is InChI=1S/C51H31NS2/c1-2-16-36-32(12-1)13-11-22-45(36)52(35-27-29-39-38-17-3-6-23-46(38)53-49(39)31-35)34-26-28-37-40-18-9-14-33-15-10-21-43(50(33)40)51(44(37)30-34)41-19-4-7-24-47(41)54-48-25-8-5-20-42(48)51/h1-31H. The first-order valence-corrected chi connectivity index (χ1v) is 20.1. The molecule has 1 aromatic heterocycles. The van der Waals surface area contributed by atoms with Crippen molar-refractivity contribution in [3.63, 3.8) is 0 Å². The Labute approximate surface area is 321 Å². The van der Waals surface area contributed by atoms with Crippen LogP contribution in [0.25, 0.3) is 52.8 Å². The largest absolute Gasteiger partial charge is 0.310 e. The highest BCUT2D eigenvalue weighted by Gasteiger charge is 2.48. The van der Waals surface area contributed by atoms with E-state index in [1.165, 1.54) is 90.6 Å². The lowest BCUT2D eigenvalue weighted by Gasteiger charge is -2.46. The summed E-state index contributed by atoms with van der Waals surface area (Å²) in [5.74, 6) is 0. The van der Waals surface area contributed by atoms with Crippen molar-refractivity contribution in [1.29, 1.82) is 0 Å². The molecule has 0 unspecified atom stereocenters. The zero-order valence-electron chi connectivity index (χ0n) is 29.2. The third-order valence-electron chi connectivity index (χ3n) is 11.7. The molecule has 0 bridgehead atoms. The van der Waals surface area contributed by atoms with Gasteiger partial charge in [0.15, 0.2) is 0 Å². The first kappa shape index (κ1) is 30.3. The first-order chi connectivity index (χ1) is 26.8. The summed E-state index contributed by atoms with van der Waals surface area (Å²) >= 11 is 3.77. The third kappa shape index (κ3) is 4.11. The van der Waals surface area contributed by atoms with Crippen molar-refractivity contribution < 1.29 is 0 Å². The molecule has 0 fully saturated rings. The van der Waals surface area contributed by atoms with E-state index < -0.39 is 5.41 Å². The molecule has 1 aliphatic heterocycles. The van der Waals surface area contributed by atoms with Gasteiger partial charge < -0.3 is 4.90 Å². The van der Waals surface area contributed by atoms with Crippen LogP contribution in [0.4, 0.5) is 17.1 Å². The fourth-order valence-corrected chi connectivity index (χ4v) is 11.8. The van der Waals surface area contributed by atoms with Gasteiger partial charge in [-0.25, -0.2) is 0 Å². The summed E-state index contributed by atoms with van der Waals surface area (Å²) in [5, 5.41) is 7.70. The van der Waals surface area contributed by atoms with Crippen LogP contribution in [0.2, 0.25) is 0 Å². The predicted octanol–water partition coefficient (Wildman–Crippen LogP) is 14.7. The summed E-state index contributed by atoms with van der Waals surface area (Å²) < 4.78 is 2.61. The smallest absolute Gasteiger partial charge is 0.0736 e. The molecule has 1 nitrogen and oxygen atoms in total. The highest BCUT2D eigenvalue weighted by atomic mass is 32.2. The molecule has 0 N–H and O–H groups in total. The van der Waals surface area contributed by atoms with Crippen LogP contribution in [0, 0.1) is 0 Å². The topological polar surface area (TPSA) is 3.24 Å². The predicted molar refractivity (Wildman–Crippen MR) is 230 cm³/mol. The number of nitrogens with zero attached hydrogens (tertiary/aromatic N) is 1. The highest BCUT2D eigenvalue weighted by Crippen LogP contribution is 2.62. The molecule has 0 amide bonds. The van der Waals surface area contributed by atoms with Gasteiger partial charge in [-0.2, -0.15) is 0 Å². The minimum atomic E-state index is -0.516. The Kier molecular flexibility index (Phi) is 6.42. The molecule has 0 radical (unpaired) electrons. The lowest BCUT2D eigenvalue weighted by Crippen LogP contribution is -2.36. The van der Waals surface area contributed by atoms with E-state index in [0.717, 1.165) is 11.4 Å². The average molecular weight is 722 g/mol. The van der Waals surface area contributed by atoms with Crippen LogP contribution in [-0.4, -0.2) is 0 Å². The molecule has 9 aromatic carbocycles. The zero-order chi connectivity index (χ0) is 35.4. The van der Waals surface area contributed by atoms with E-state index in [4.69, 9.17) is 0 Å². The maximum absolute atomic E-state index is 2.52. The van der Waals surface area contributed by atoms with Crippen LogP contribution in [-0.2, 0) is 5.41 Å². The number of hydrogen-bond acceptors (Lipinski definition) is 3. The molecule has 12 rings (SSSR count). The number of rotatable bonds is 3.